The standard InChI is InChI=1S/C13H17NO3/c1-10-3-2-4-11(9-10)13(15)14-6-5-12-16-7-8-17-12/h2-4,9,12H,5-8H2,1H3,(H,14,15). The molecule has 1 N–H and O–H groups in total. The summed E-state index contributed by atoms with van der Waals surface area (Å²) < 4.78 is 10.6. The molecule has 92 valence electrons. The first-order valence-electron chi connectivity index (χ1n) is 5.84. The van der Waals surface area contributed by atoms with Crippen molar-refractivity contribution in [1.82, 2.24) is 5.32 Å². The first-order chi connectivity index (χ1) is 8.25. The van der Waals surface area contributed by atoms with Crippen LogP contribution in [0.25, 0.3) is 0 Å². The predicted molar refractivity (Wildman–Crippen MR) is 63.8 cm³/mol. The zero-order valence-electron chi connectivity index (χ0n) is 9.94. The Balaban J connectivity index is 1.77. The molecule has 1 aliphatic rings. The number of rotatable bonds is 4. The SMILES string of the molecule is Cc1cccc(C(=O)NCCC2OCCO2)c1. The fourth-order valence-corrected chi connectivity index (χ4v) is 1.77. The number of hydrogen-bond donors (Lipinski definition) is 1. The van der Waals surface area contributed by atoms with Gasteiger partial charge in [-0.1, -0.05) is 17.7 Å². The summed E-state index contributed by atoms with van der Waals surface area (Å²) in [5.41, 5.74) is 1.78. The molecule has 2 rings (SSSR count). The summed E-state index contributed by atoms with van der Waals surface area (Å²) in [5.74, 6) is -0.0494. The van der Waals surface area contributed by atoms with Crippen LogP contribution in [0, 0.1) is 6.92 Å². The van der Waals surface area contributed by atoms with Crippen molar-refractivity contribution in [3.05, 3.63) is 35.4 Å². The molecule has 1 amide bonds. The third-order valence-corrected chi connectivity index (χ3v) is 2.64. The monoisotopic (exact) mass is 235 g/mol. The number of amides is 1. The van der Waals surface area contributed by atoms with E-state index >= 15 is 0 Å². The number of aryl methyl sites for hydroxylation is 1. The highest BCUT2D eigenvalue weighted by Crippen LogP contribution is 2.07. The molecule has 0 spiro atoms. The van der Waals surface area contributed by atoms with E-state index in [0.717, 1.165) is 5.56 Å². The fraction of sp³-hybridized carbons (Fsp3) is 0.462. The van der Waals surface area contributed by atoms with E-state index in [-0.39, 0.29) is 12.2 Å². The van der Waals surface area contributed by atoms with Crippen LogP contribution in [0.4, 0.5) is 0 Å². The van der Waals surface area contributed by atoms with Gasteiger partial charge < -0.3 is 14.8 Å². The summed E-state index contributed by atoms with van der Waals surface area (Å²) in [6, 6.07) is 7.53. The van der Waals surface area contributed by atoms with Crippen LogP contribution in [-0.2, 0) is 9.47 Å². The maximum Gasteiger partial charge on any atom is 0.251 e. The molecule has 0 saturated carbocycles. The van der Waals surface area contributed by atoms with Gasteiger partial charge in [0.05, 0.1) is 13.2 Å². The molecule has 1 fully saturated rings. The highest BCUT2D eigenvalue weighted by Gasteiger charge is 2.15. The molecule has 0 aliphatic carbocycles. The summed E-state index contributed by atoms with van der Waals surface area (Å²) >= 11 is 0. The van der Waals surface area contributed by atoms with Crippen molar-refractivity contribution in [3.63, 3.8) is 0 Å². The summed E-state index contributed by atoms with van der Waals surface area (Å²) in [6.45, 7) is 3.83. The summed E-state index contributed by atoms with van der Waals surface area (Å²) in [6.07, 6.45) is 0.533. The van der Waals surface area contributed by atoms with Crippen LogP contribution >= 0.6 is 0 Å². The van der Waals surface area contributed by atoms with E-state index in [0.29, 0.717) is 31.7 Å². The molecule has 0 bridgehead atoms. The summed E-state index contributed by atoms with van der Waals surface area (Å²) in [7, 11) is 0. The molecule has 4 heteroatoms. The smallest absolute Gasteiger partial charge is 0.251 e. The number of carbonyl (C=O) groups is 1. The van der Waals surface area contributed by atoms with Gasteiger partial charge in [-0.15, -0.1) is 0 Å². The van der Waals surface area contributed by atoms with Crippen LogP contribution in [0.15, 0.2) is 24.3 Å². The Morgan fingerprint density at radius 3 is 2.88 bits per heavy atom. The van der Waals surface area contributed by atoms with E-state index in [1.54, 1.807) is 0 Å². The normalized spacial score (nSPS) is 16.1. The number of ether oxygens (including phenoxy) is 2. The van der Waals surface area contributed by atoms with E-state index in [1.165, 1.54) is 0 Å². The van der Waals surface area contributed by atoms with Crippen LogP contribution in [-0.4, -0.2) is 32.0 Å². The Morgan fingerprint density at radius 2 is 2.18 bits per heavy atom. The molecular weight excluding hydrogens is 218 g/mol. The van der Waals surface area contributed by atoms with Crippen molar-refractivity contribution >= 4 is 5.91 Å². The van der Waals surface area contributed by atoms with Gasteiger partial charge in [-0.3, -0.25) is 4.79 Å². The third-order valence-electron chi connectivity index (χ3n) is 2.64. The number of hydrogen-bond acceptors (Lipinski definition) is 3. The Kier molecular flexibility index (Phi) is 4.12. The van der Waals surface area contributed by atoms with Crippen molar-refractivity contribution < 1.29 is 14.3 Å². The van der Waals surface area contributed by atoms with Gasteiger partial charge in [-0.05, 0) is 19.1 Å². The van der Waals surface area contributed by atoms with Gasteiger partial charge in [0.2, 0.25) is 0 Å². The Morgan fingerprint density at radius 1 is 1.41 bits per heavy atom. The molecule has 0 atom stereocenters. The molecule has 1 aromatic carbocycles. The van der Waals surface area contributed by atoms with Gasteiger partial charge in [0, 0.05) is 18.5 Å². The lowest BCUT2D eigenvalue weighted by Gasteiger charge is -2.09. The van der Waals surface area contributed by atoms with Gasteiger partial charge >= 0.3 is 0 Å². The minimum Gasteiger partial charge on any atom is -0.352 e. The van der Waals surface area contributed by atoms with E-state index in [4.69, 9.17) is 9.47 Å². The molecule has 1 saturated heterocycles. The van der Waals surface area contributed by atoms with Crippen LogP contribution < -0.4 is 5.32 Å². The van der Waals surface area contributed by atoms with Crippen LogP contribution in [0.1, 0.15) is 22.3 Å². The molecule has 1 aliphatic heterocycles. The van der Waals surface area contributed by atoms with Crippen molar-refractivity contribution in [2.45, 2.75) is 19.6 Å². The van der Waals surface area contributed by atoms with Crippen molar-refractivity contribution in [2.75, 3.05) is 19.8 Å². The average molecular weight is 235 g/mol. The van der Waals surface area contributed by atoms with E-state index in [2.05, 4.69) is 5.32 Å². The second kappa shape index (κ2) is 5.80. The summed E-state index contributed by atoms with van der Waals surface area (Å²) in [5, 5.41) is 2.85. The lowest BCUT2D eigenvalue weighted by Crippen LogP contribution is -2.27. The fourth-order valence-electron chi connectivity index (χ4n) is 1.77. The molecule has 1 heterocycles. The maximum absolute atomic E-state index is 11.8. The third kappa shape index (κ3) is 3.54. The Bertz CT molecular complexity index is 386. The molecule has 17 heavy (non-hydrogen) atoms. The number of carbonyl (C=O) groups excluding carboxylic acids is 1. The highest BCUT2D eigenvalue weighted by molar-refractivity contribution is 5.94. The van der Waals surface area contributed by atoms with Crippen molar-refractivity contribution in [1.29, 1.82) is 0 Å². The zero-order chi connectivity index (χ0) is 12.1. The minimum atomic E-state index is -0.159. The molecule has 0 unspecified atom stereocenters. The lowest BCUT2D eigenvalue weighted by atomic mass is 10.1. The highest BCUT2D eigenvalue weighted by atomic mass is 16.7. The molecule has 0 radical (unpaired) electrons. The topological polar surface area (TPSA) is 47.6 Å². The van der Waals surface area contributed by atoms with Gasteiger partial charge in [0.15, 0.2) is 6.29 Å². The Hall–Kier alpha value is -1.39. The summed E-state index contributed by atoms with van der Waals surface area (Å²) in [4.78, 5) is 11.8. The first-order valence-corrected chi connectivity index (χ1v) is 5.84. The first kappa shape index (κ1) is 12.1. The van der Waals surface area contributed by atoms with Gasteiger partial charge in [0.1, 0.15) is 0 Å². The quantitative estimate of drug-likeness (QED) is 0.860. The number of nitrogens with one attached hydrogen (secondary N) is 1. The number of benzene rings is 1. The molecule has 0 aromatic heterocycles. The largest absolute Gasteiger partial charge is 0.352 e. The van der Waals surface area contributed by atoms with Crippen LogP contribution in [0.3, 0.4) is 0 Å². The minimum absolute atomic E-state index is 0.0494. The molecule has 4 nitrogen and oxygen atoms in total. The van der Waals surface area contributed by atoms with Crippen molar-refractivity contribution in [2.24, 2.45) is 0 Å². The predicted octanol–water partition coefficient (Wildman–Crippen LogP) is 1.49. The second-order valence-electron chi connectivity index (χ2n) is 4.09. The van der Waals surface area contributed by atoms with Crippen molar-refractivity contribution in [3.8, 4) is 0 Å². The second-order valence-corrected chi connectivity index (χ2v) is 4.09. The lowest BCUT2D eigenvalue weighted by molar-refractivity contribution is -0.0455. The van der Waals surface area contributed by atoms with Crippen LogP contribution in [0.5, 0.6) is 0 Å². The van der Waals surface area contributed by atoms with Gasteiger partial charge in [-0.2, -0.15) is 0 Å². The molecule has 1 aromatic rings. The van der Waals surface area contributed by atoms with Gasteiger partial charge in [0.25, 0.3) is 5.91 Å². The van der Waals surface area contributed by atoms with E-state index in [1.807, 2.05) is 31.2 Å². The van der Waals surface area contributed by atoms with E-state index in [9.17, 15) is 4.79 Å². The van der Waals surface area contributed by atoms with Gasteiger partial charge in [-0.25, -0.2) is 0 Å². The van der Waals surface area contributed by atoms with Crippen LogP contribution in [0.2, 0.25) is 0 Å². The molecular formula is C13H17NO3. The maximum atomic E-state index is 11.8. The zero-order valence-corrected chi connectivity index (χ0v) is 9.94. The Labute approximate surface area is 101 Å². The average Bonchev–Trinajstić information content (AvgIpc) is 2.82. The van der Waals surface area contributed by atoms with E-state index < -0.39 is 0 Å².